The van der Waals surface area contributed by atoms with Crippen LogP contribution in [0.15, 0.2) is 41.3 Å². The second-order valence-electron chi connectivity index (χ2n) is 6.76. The summed E-state index contributed by atoms with van der Waals surface area (Å²) >= 11 is 5.97. The van der Waals surface area contributed by atoms with Gasteiger partial charge in [0.25, 0.3) is 10.1 Å². The predicted molar refractivity (Wildman–Crippen MR) is 105 cm³/mol. The van der Waals surface area contributed by atoms with Gasteiger partial charge in [0.2, 0.25) is 0 Å². The molecule has 27 heavy (non-hydrogen) atoms. The molecular formula is C17H19ClN2O5S2. The zero-order valence-corrected chi connectivity index (χ0v) is 17.2. The number of benzene rings is 2. The van der Waals surface area contributed by atoms with E-state index in [2.05, 4.69) is 0 Å². The number of nitrogens with zero attached hydrogens (tertiary/aromatic N) is 1. The first kappa shape index (κ1) is 19.9. The number of sulfone groups is 1. The third-order valence-corrected chi connectivity index (χ3v) is 9.39. The summed E-state index contributed by atoms with van der Waals surface area (Å²) in [5.74, 6) is 0. The highest BCUT2D eigenvalue weighted by Gasteiger charge is 2.61. The summed E-state index contributed by atoms with van der Waals surface area (Å²) in [5, 5.41) is -1.51. The first-order valence-corrected chi connectivity index (χ1v) is 11.3. The molecule has 1 aliphatic heterocycles. The van der Waals surface area contributed by atoms with Crippen molar-refractivity contribution in [2.75, 3.05) is 17.7 Å². The second-order valence-corrected chi connectivity index (χ2v) is 11.0. The molecular weight excluding hydrogens is 412 g/mol. The van der Waals surface area contributed by atoms with Gasteiger partial charge >= 0.3 is 0 Å². The number of likely N-dealkylation sites (N-methyl/N-ethyl adjacent to an activating group) is 1. The quantitative estimate of drug-likeness (QED) is 0.567. The third-order valence-electron chi connectivity index (χ3n) is 5.12. The average Bonchev–Trinajstić information content (AvgIpc) is 2.79. The molecule has 2 aromatic rings. The first-order valence-electron chi connectivity index (χ1n) is 7.92. The summed E-state index contributed by atoms with van der Waals surface area (Å²) < 4.78 is 61.6. The van der Waals surface area contributed by atoms with Crippen LogP contribution in [0.1, 0.15) is 23.3 Å². The van der Waals surface area contributed by atoms with Crippen LogP contribution in [0.2, 0.25) is 5.02 Å². The van der Waals surface area contributed by atoms with Crippen molar-refractivity contribution in [1.82, 2.24) is 0 Å². The molecule has 146 valence electrons. The van der Waals surface area contributed by atoms with E-state index in [1.807, 2.05) is 0 Å². The monoisotopic (exact) mass is 430 g/mol. The molecule has 0 aromatic heterocycles. The maximum Gasteiger partial charge on any atom is 0.290 e. The van der Waals surface area contributed by atoms with E-state index in [-0.39, 0.29) is 21.2 Å². The van der Waals surface area contributed by atoms with Gasteiger partial charge in [0, 0.05) is 12.7 Å². The summed E-state index contributed by atoms with van der Waals surface area (Å²) in [6.45, 7) is 3.00. The van der Waals surface area contributed by atoms with Gasteiger partial charge in [-0.25, -0.2) is 8.42 Å². The topological polar surface area (TPSA) is 118 Å². The molecule has 3 N–H and O–H groups in total. The van der Waals surface area contributed by atoms with Gasteiger partial charge in [0.05, 0.1) is 15.6 Å². The highest BCUT2D eigenvalue weighted by Crippen LogP contribution is 2.53. The SMILES string of the molecule is Cc1ccc2c(c1)N(C)C(C)(S(=O)(=O)O)C2S(=O)(=O)c1ccc(N)c(Cl)c1. The number of aryl methyl sites for hydroxylation is 1. The Hall–Kier alpha value is -1.81. The summed E-state index contributed by atoms with van der Waals surface area (Å²) in [5.41, 5.74) is 7.39. The lowest BCUT2D eigenvalue weighted by Crippen LogP contribution is -2.52. The van der Waals surface area contributed by atoms with Crippen LogP contribution in [0.25, 0.3) is 0 Å². The molecule has 2 atom stereocenters. The predicted octanol–water partition coefficient (Wildman–Crippen LogP) is 2.80. The Kier molecular flexibility index (Phi) is 4.50. The molecule has 0 saturated heterocycles. The lowest BCUT2D eigenvalue weighted by atomic mass is 10.1. The number of hydrogen-bond acceptors (Lipinski definition) is 6. The summed E-state index contributed by atoms with van der Waals surface area (Å²) in [6, 6.07) is 8.74. The molecule has 0 aliphatic carbocycles. The molecule has 0 bridgehead atoms. The zero-order chi connectivity index (χ0) is 20.4. The van der Waals surface area contributed by atoms with Crippen molar-refractivity contribution in [1.29, 1.82) is 0 Å². The van der Waals surface area contributed by atoms with Crippen LogP contribution < -0.4 is 10.6 Å². The van der Waals surface area contributed by atoms with Crippen molar-refractivity contribution >= 4 is 42.9 Å². The van der Waals surface area contributed by atoms with Crippen LogP contribution >= 0.6 is 11.6 Å². The zero-order valence-electron chi connectivity index (χ0n) is 14.8. The Morgan fingerprint density at radius 3 is 2.33 bits per heavy atom. The van der Waals surface area contributed by atoms with Gasteiger partial charge in [-0.05, 0) is 49.2 Å². The molecule has 1 heterocycles. The minimum absolute atomic E-state index is 0.0418. The van der Waals surface area contributed by atoms with Gasteiger partial charge in [-0.2, -0.15) is 8.42 Å². The lowest BCUT2D eigenvalue weighted by Gasteiger charge is -2.35. The van der Waals surface area contributed by atoms with E-state index in [0.717, 1.165) is 5.56 Å². The van der Waals surface area contributed by atoms with E-state index in [9.17, 15) is 21.4 Å². The third kappa shape index (κ3) is 2.80. The molecule has 0 saturated carbocycles. The van der Waals surface area contributed by atoms with Crippen molar-refractivity contribution in [3.63, 3.8) is 0 Å². The highest BCUT2D eigenvalue weighted by molar-refractivity contribution is 7.94. The summed E-state index contributed by atoms with van der Waals surface area (Å²) in [6.07, 6.45) is 0. The van der Waals surface area contributed by atoms with Crippen molar-refractivity contribution in [3.05, 3.63) is 52.5 Å². The van der Waals surface area contributed by atoms with Gasteiger partial charge in [-0.3, -0.25) is 4.55 Å². The largest absolute Gasteiger partial charge is 0.398 e. The molecule has 0 amide bonds. The number of halogens is 1. The van der Waals surface area contributed by atoms with Gasteiger partial charge in [-0.15, -0.1) is 0 Å². The normalized spacial score (nSPS) is 22.7. The van der Waals surface area contributed by atoms with Gasteiger partial charge in [-0.1, -0.05) is 23.7 Å². The van der Waals surface area contributed by atoms with Crippen molar-refractivity contribution in [3.8, 4) is 0 Å². The van der Waals surface area contributed by atoms with Crippen molar-refractivity contribution < 1.29 is 21.4 Å². The fraction of sp³-hybridized carbons (Fsp3) is 0.294. The maximum atomic E-state index is 13.5. The van der Waals surface area contributed by atoms with E-state index in [1.54, 1.807) is 25.1 Å². The van der Waals surface area contributed by atoms with E-state index in [0.29, 0.717) is 5.69 Å². The van der Waals surface area contributed by atoms with Crippen LogP contribution in [0.4, 0.5) is 11.4 Å². The standard InChI is InChI=1S/C17H19ClN2O5S2/c1-10-4-6-12-15(8-10)20(3)17(2,27(23,24)25)16(12)26(21,22)11-5-7-14(19)13(18)9-11/h4-9,16H,19H2,1-3H3,(H,23,24,25). The van der Waals surface area contributed by atoms with E-state index in [1.165, 1.54) is 37.1 Å². The molecule has 10 heteroatoms. The van der Waals surface area contributed by atoms with Crippen LogP contribution in [-0.4, -0.2) is 33.3 Å². The van der Waals surface area contributed by atoms with Crippen molar-refractivity contribution in [2.45, 2.75) is 28.9 Å². The molecule has 0 fully saturated rings. The molecule has 1 aliphatic rings. The Balaban J connectivity index is 2.35. The van der Waals surface area contributed by atoms with Crippen LogP contribution in [0, 0.1) is 6.92 Å². The number of nitrogen functional groups attached to an aromatic ring is 1. The number of hydrogen-bond donors (Lipinski definition) is 2. The molecule has 0 radical (unpaired) electrons. The number of anilines is 2. The number of fused-ring (bicyclic) bond motifs is 1. The molecule has 3 rings (SSSR count). The van der Waals surface area contributed by atoms with E-state index < -0.39 is 30.1 Å². The first-order chi connectivity index (χ1) is 12.3. The molecule has 0 spiro atoms. The second kappa shape index (κ2) is 6.10. The fourth-order valence-electron chi connectivity index (χ4n) is 3.45. The van der Waals surface area contributed by atoms with Crippen LogP contribution in [-0.2, 0) is 20.0 Å². The smallest absolute Gasteiger partial charge is 0.290 e. The van der Waals surface area contributed by atoms with Crippen LogP contribution in [0.5, 0.6) is 0 Å². The van der Waals surface area contributed by atoms with E-state index in [4.69, 9.17) is 17.3 Å². The van der Waals surface area contributed by atoms with E-state index >= 15 is 0 Å². The molecule has 2 aromatic carbocycles. The van der Waals surface area contributed by atoms with Crippen LogP contribution in [0.3, 0.4) is 0 Å². The minimum atomic E-state index is -4.80. The minimum Gasteiger partial charge on any atom is -0.398 e. The summed E-state index contributed by atoms with van der Waals surface area (Å²) in [4.78, 5) is -1.01. The van der Waals surface area contributed by atoms with Gasteiger partial charge in [0.15, 0.2) is 14.7 Å². The lowest BCUT2D eigenvalue weighted by molar-refractivity contribution is 0.425. The Labute approximate surface area is 163 Å². The highest BCUT2D eigenvalue weighted by atomic mass is 35.5. The average molecular weight is 431 g/mol. The number of rotatable bonds is 3. The molecule has 2 unspecified atom stereocenters. The maximum absolute atomic E-state index is 13.5. The molecule has 7 nitrogen and oxygen atoms in total. The van der Waals surface area contributed by atoms with Gasteiger partial charge in [0.1, 0.15) is 5.25 Å². The summed E-state index contributed by atoms with van der Waals surface area (Å²) in [7, 11) is -7.61. The van der Waals surface area contributed by atoms with Gasteiger partial charge < -0.3 is 10.6 Å². The number of nitrogens with two attached hydrogens (primary N) is 1. The Bertz CT molecular complexity index is 1150. The Morgan fingerprint density at radius 1 is 1.15 bits per heavy atom. The Morgan fingerprint density at radius 2 is 1.78 bits per heavy atom. The van der Waals surface area contributed by atoms with Crippen molar-refractivity contribution in [2.24, 2.45) is 0 Å². The fourth-order valence-corrected chi connectivity index (χ4v) is 7.37.